The second-order valence-corrected chi connectivity index (χ2v) is 10.4. The molecular formula is C26H30N4O3S. The molecule has 5 rings (SSSR count). The van der Waals surface area contributed by atoms with Crippen LogP contribution in [0.3, 0.4) is 0 Å². The molecule has 3 aliphatic rings. The number of allylic oxidation sites excluding steroid dienone is 2. The number of urea groups is 1. The number of nitrogens with one attached hydrogen (secondary N) is 1. The number of pyridine rings is 1. The van der Waals surface area contributed by atoms with E-state index in [-0.39, 0.29) is 29.7 Å². The monoisotopic (exact) mass is 478 g/mol. The maximum Gasteiger partial charge on any atom is 0.325 e. The standard InChI is InChI=1S/C26H30N4O3S/c31-23(19-6-2-1-3-7-19)29-14-10-20(11-15-29)26(21-8-4-13-27-18-21)24(32)30(25(33)28-26)16-12-22-9-5-17-34-22/h1-2,4-5,8-9,13,17-20H,3,6-7,10-12,14-16H2,(H,28,33)/t19-,26+/m1/s1. The van der Waals surface area contributed by atoms with Gasteiger partial charge in [-0.05, 0) is 62.0 Å². The van der Waals surface area contributed by atoms with Crippen LogP contribution in [0.5, 0.6) is 0 Å². The molecule has 0 unspecified atom stereocenters. The van der Waals surface area contributed by atoms with Gasteiger partial charge in [-0.15, -0.1) is 11.3 Å². The van der Waals surface area contributed by atoms with E-state index in [1.165, 1.54) is 4.90 Å². The summed E-state index contributed by atoms with van der Waals surface area (Å²) in [5.41, 5.74) is -0.419. The minimum absolute atomic E-state index is 0.0643. The average Bonchev–Trinajstić information content (AvgIpc) is 3.50. The molecule has 2 aliphatic heterocycles. The average molecular weight is 479 g/mol. The number of likely N-dealkylation sites (tertiary alicyclic amines) is 1. The van der Waals surface area contributed by atoms with E-state index >= 15 is 0 Å². The number of hydrogen-bond acceptors (Lipinski definition) is 5. The van der Waals surface area contributed by atoms with E-state index in [2.05, 4.69) is 22.5 Å². The second-order valence-electron chi connectivity index (χ2n) is 9.35. The van der Waals surface area contributed by atoms with Gasteiger partial charge in [-0.2, -0.15) is 0 Å². The van der Waals surface area contributed by atoms with Crippen LogP contribution in [0, 0.1) is 11.8 Å². The molecule has 8 heteroatoms. The number of amides is 4. The lowest BCUT2D eigenvalue weighted by molar-refractivity contribution is -0.139. The minimum atomic E-state index is -1.14. The number of piperidine rings is 1. The Hall–Kier alpha value is -3.00. The molecule has 0 radical (unpaired) electrons. The van der Waals surface area contributed by atoms with Crippen molar-refractivity contribution in [1.82, 2.24) is 20.1 Å². The first kappa shape index (κ1) is 22.8. The summed E-state index contributed by atoms with van der Waals surface area (Å²) in [7, 11) is 0. The van der Waals surface area contributed by atoms with Crippen LogP contribution in [0.2, 0.25) is 0 Å². The third-order valence-electron chi connectivity index (χ3n) is 7.45. The zero-order valence-electron chi connectivity index (χ0n) is 19.2. The second kappa shape index (κ2) is 9.70. The summed E-state index contributed by atoms with van der Waals surface area (Å²) in [6, 6.07) is 7.33. The first-order chi connectivity index (χ1) is 16.6. The molecule has 2 aromatic heterocycles. The van der Waals surface area contributed by atoms with Crippen molar-refractivity contribution in [2.24, 2.45) is 11.8 Å². The molecule has 0 spiro atoms. The van der Waals surface area contributed by atoms with Crippen LogP contribution < -0.4 is 5.32 Å². The number of carbonyl (C=O) groups excluding carboxylic acids is 3. The van der Waals surface area contributed by atoms with Crippen LogP contribution in [0.1, 0.15) is 42.5 Å². The van der Waals surface area contributed by atoms with Gasteiger partial charge in [-0.3, -0.25) is 19.5 Å². The van der Waals surface area contributed by atoms with Gasteiger partial charge in [-0.25, -0.2) is 4.79 Å². The summed E-state index contributed by atoms with van der Waals surface area (Å²) in [5, 5.41) is 5.08. The van der Waals surface area contributed by atoms with Crippen molar-refractivity contribution < 1.29 is 14.4 Å². The van der Waals surface area contributed by atoms with Crippen molar-refractivity contribution in [1.29, 1.82) is 0 Å². The summed E-state index contributed by atoms with van der Waals surface area (Å²) in [6.45, 7) is 1.55. The highest BCUT2D eigenvalue weighted by atomic mass is 32.1. The molecule has 0 aromatic carbocycles. The van der Waals surface area contributed by atoms with Gasteiger partial charge in [0.05, 0.1) is 0 Å². The molecule has 1 N–H and O–H groups in total. The van der Waals surface area contributed by atoms with Crippen molar-refractivity contribution in [2.45, 2.75) is 44.1 Å². The fourth-order valence-corrected chi connectivity index (χ4v) is 6.29. The van der Waals surface area contributed by atoms with E-state index in [4.69, 9.17) is 0 Å². The Morgan fingerprint density at radius 3 is 2.68 bits per heavy atom. The highest BCUT2D eigenvalue weighted by Gasteiger charge is 2.57. The Balaban J connectivity index is 1.35. The van der Waals surface area contributed by atoms with Crippen molar-refractivity contribution in [2.75, 3.05) is 19.6 Å². The Morgan fingerprint density at radius 2 is 2.00 bits per heavy atom. The Labute approximate surface area is 203 Å². The van der Waals surface area contributed by atoms with Crippen LogP contribution in [-0.4, -0.2) is 52.3 Å². The topological polar surface area (TPSA) is 82.6 Å². The van der Waals surface area contributed by atoms with Crippen LogP contribution >= 0.6 is 11.3 Å². The molecule has 2 saturated heterocycles. The fourth-order valence-electron chi connectivity index (χ4n) is 5.59. The lowest BCUT2D eigenvalue weighted by Crippen LogP contribution is -2.54. The summed E-state index contributed by atoms with van der Waals surface area (Å²) in [4.78, 5) is 48.7. The molecule has 0 saturated carbocycles. The van der Waals surface area contributed by atoms with Gasteiger partial charge in [0.1, 0.15) is 0 Å². The van der Waals surface area contributed by atoms with Crippen molar-refractivity contribution in [3.05, 3.63) is 64.6 Å². The van der Waals surface area contributed by atoms with Crippen molar-refractivity contribution >= 4 is 29.2 Å². The van der Waals surface area contributed by atoms with Gasteiger partial charge in [-0.1, -0.05) is 24.3 Å². The van der Waals surface area contributed by atoms with Gasteiger partial charge < -0.3 is 10.2 Å². The van der Waals surface area contributed by atoms with Gasteiger partial charge in [0.25, 0.3) is 5.91 Å². The Morgan fingerprint density at radius 1 is 1.15 bits per heavy atom. The molecule has 2 fully saturated rings. The first-order valence-electron chi connectivity index (χ1n) is 12.1. The highest BCUT2D eigenvalue weighted by Crippen LogP contribution is 2.41. The van der Waals surface area contributed by atoms with Crippen LogP contribution in [0.25, 0.3) is 0 Å². The van der Waals surface area contributed by atoms with E-state index in [0.717, 1.165) is 24.1 Å². The summed E-state index contributed by atoms with van der Waals surface area (Å²) < 4.78 is 0. The van der Waals surface area contributed by atoms with E-state index < -0.39 is 5.54 Å². The normalized spacial score (nSPS) is 25.6. The SMILES string of the molecule is O=C([C@@H]1CC=CCC1)N1CCC([C@@]2(c3cccnc3)NC(=O)N(CCc3cccs3)C2=O)CC1. The van der Waals surface area contributed by atoms with E-state index in [0.29, 0.717) is 44.5 Å². The van der Waals surface area contributed by atoms with Crippen LogP contribution in [0.4, 0.5) is 4.79 Å². The summed E-state index contributed by atoms with van der Waals surface area (Å²) >= 11 is 1.63. The quantitative estimate of drug-likeness (QED) is 0.507. The molecule has 0 bridgehead atoms. The predicted octanol–water partition coefficient (Wildman–Crippen LogP) is 3.73. The molecule has 7 nitrogen and oxygen atoms in total. The van der Waals surface area contributed by atoms with Gasteiger partial charge in [0.15, 0.2) is 5.54 Å². The summed E-state index contributed by atoms with van der Waals surface area (Å²) in [5.74, 6) is -0.0218. The maximum absolute atomic E-state index is 13.9. The highest BCUT2D eigenvalue weighted by molar-refractivity contribution is 7.09. The van der Waals surface area contributed by atoms with Crippen molar-refractivity contribution in [3.8, 4) is 0 Å². The molecule has 4 heterocycles. The van der Waals surface area contributed by atoms with Gasteiger partial charge in [0, 0.05) is 48.4 Å². The molecule has 34 heavy (non-hydrogen) atoms. The van der Waals surface area contributed by atoms with Gasteiger partial charge in [0.2, 0.25) is 5.91 Å². The third-order valence-corrected chi connectivity index (χ3v) is 8.38. The van der Waals surface area contributed by atoms with Crippen LogP contribution in [0.15, 0.2) is 54.2 Å². The number of rotatable bonds is 6. The largest absolute Gasteiger partial charge is 0.342 e. The number of aromatic nitrogens is 1. The minimum Gasteiger partial charge on any atom is -0.342 e. The molecular weight excluding hydrogens is 448 g/mol. The van der Waals surface area contributed by atoms with E-state index in [1.807, 2.05) is 28.5 Å². The summed E-state index contributed by atoms with van der Waals surface area (Å²) in [6.07, 6.45) is 12.2. The maximum atomic E-state index is 13.9. The third kappa shape index (κ3) is 4.15. The number of thiophene rings is 1. The number of hydrogen-bond donors (Lipinski definition) is 1. The fraction of sp³-hybridized carbons (Fsp3) is 0.462. The molecule has 2 atom stereocenters. The Bertz CT molecular complexity index is 1060. The number of nitrogens with zero attached hydrogens (tertiary/aromatic N) is 3. The van der Waals surface area contributed by atoms with Crippen molar-refractivity contribution in [3.63, 3.8) is 0 Å². The molecule has 2 aromatic rings. The van der Waals surface area contributed by atoms with Crippen LogP contribution in [-0.2, 0) is 21.5 Å². The number of carbonyl (C=O) groups is 3. The first-order valence-corrected chi connectivity index (χ1v) is 13.0. The smallest absolute Gasteiger partial charge is 0.325 e. The lowest BCUT2D eigenvalue weighted by Gasteiger charge is -2.41. The predicted molar refractivity (Wildman–Crippen MR) is 130 cm³/mol. The zero-order valence-corrected chi connectivity index (χ0v) is 20.0. The number of imide groups is 1. The molecule has 178 valence electrons. The molecule has 4 amide bonds. The zero-order chi connectivity index (χ0) is 23.5. The molecule has 1 aliphatic carbocycles. The Kier molecular flexibility index (Phi) is 6.50. The van der Waals surface area contributed by atoms with E-state index in [1.54, 1.807) is 29.8 Å². The van der Waals surface area contributed by atoms with E-state index in [9.17, 15) is 14.4 Å². The lowest BCUT2D eigenvalue weighted by atomic mass is 9.73. The van der Waals surface area contributed by atoms with Gasteiger partial charge >= 0.3 is 6.03 Å².